The summed E-state index contributed by atoms with van der Waals surface area (Å²) in [6, 6.07) is 19.3. The number of nitrogens with zero attached hydrogens (tertiary/aromatic N) is 4. The van der Waals surface area contributed by atoms with Gasteiger partial charge in [0.25, 0.3) is 5.91 Å². The Balaban J connectivity index is 1.53. The molecule has 132 valence electrons. The van der Waals surface area contributed by atoms with Gasteiger partial charge in [0, 0.05) is 28.9 Å². The van der Waals surface area contributed by atoms with Crippen LogP contribution in [0.2, 0.25) is 0 Å². The van der Waals surface area contributed by atoms with E-state index in [0.29, 0.717) is 28.0 Å². The zero-order chi connectivity index (χ0) is 18.6. The number of rotatable bonds is 4. The third-order valence-corrected chi connectivity index (χ3v) is 4.56. The van der Waals surface area contributed by atoms with E-state index in [4.69, 9.17) is 0 Å². The van der Waals surface area contributed by atoms with Crippen molar-refractivity contribution in [2.75, 3.05) is 5.32 Å². The van der Waals surface area contributed by atoms with E-state index in [9.17, 15) is 4.79 Å². The molecule has 0 bridgehead atoms. The van der Waals surface area contributed by atoms with E-state index in [0.717, 1.165) is 22.7 Å². The van der Waals surface area contributed by atoms with Crippen LogP contribution in [0.4, 0.5) is 5.13 Å². The summed E-state index contributed by atoms with van der Waals surface area (Å²) in [5, 5.41) is 3.21. The van der Waals surface area contributed by atoms with Crippen LogP contribution in [-0.2, 0) is 0 Å². The highest BCUT2D eigenvalue weighted by atomic mass is 32.1. The van der Waals surface area contributed by atoms with E-state index in [1.165, 1.54) is 0 Å². The third kappa shape index (κ3) is 3.73. The first-order chi connectivity index (χ1) is 13.2. The average Bonchev–Trinajstić information content (AvgIpc) is 3.17. The fraction of sp³-hybridized carbons (Fsp3) is 0.0500. The van der Waals surface area contributed by atoms with Crippen LogP contribution in [0.15, 0.2) is 66.9 Å². The van der Waals surface area contributed by atoms with Crippen molar-refractivity contribution in [2.24, 2.45) is 0 Å². The van der Waals surface area contributed by atoms with Gasteiger partial charge in [-0.25, -0.2) is 9.97 Å². The lowest BCUT2D eigenvalue weighted by atomic mass is 10.2. The standard InChI is InChI=1S/C20H15N5OS/c1-13-16(12-21-17(22-13)14-8-4-2-5-9-14)19(26)24-20-23-18(25-27-20)15-10-6-3-7-11-15/h2-12H,1H3,(H,23,24,25,26). The molecule has 0 atom stereocenters. The summed E-state index contributed by atoms with van der Waals surface area (Å²) < 4.78 is 4.29. The fourth-order valence-corrected chi connectivity index (χ4v) is 3.14. The van der Waals surface area contributed by atoms with Gasteiger partial charge in [0.2, 0.25) is 5.13 Å². The monoisotopic (exact) mass is 373 g/mol. The van der Waals surface area contributed by atoms with Gasteiger partial charge in [-0.1, -0.05) is 60.7 Å². The van der Waals surface area contributed by atoms with Gasteiger partial charge >= 0.3 is 0 Å². The third-order valence-electron chi connectivity index (χ3n) is 3.93. The molecule has 6 nitrogen and oxygen atoms in total. The molecule has 0 fully saturated rings. The molecule has 0 saturated carbocycles. The van der Waals surface area contributed by atoms with Crippen molar-refractivity contribution in [1.82, 2.24) is 19.3 Å². The molecule has 0 saturated heterocycles. The summed E-state index contributed by atoms with van der Waals surface area (Å²) in [6.07, 6.45) is 1.54. The van der Waals surface area contributed by atoms with Crippen LogP contribution >= 0.6 is 11.5 Å². The quantitative estimate of drug-likeness (QED) is 0.579. The highest BCUT2D eigenvalue weighted by Crippen LogP contribution is 2.22. The van der Waals surface area contributed by atoms with Crippen LogP contribution < -0.4 is 5.32 Å². The average molecular weight is 373 g/mol. The number of aryl methyl sites for hydroxylation is 1. The lowest BCUT2D eigenvalue weighted by Gasteiger charge is -2.06. The molecule has 4 aromatic rings. The predicted molar refractivity (Wildman–Crippen MR) is 106 cm³/mol. The number of carbonyl (C=O) groups excluding carboxylic acids is 1. The summed E-state index contributed by atoms with van der Waals surface area (Å²) in [5.41, 5.74) is 2.82. The summed E-state index contributed by atoms with van der Waals surface area (Å²) >= 11 is 1.14. The molecule has 0 radical (unpaired) electrons. The molecule has 0 aliphatic heterocycles. The second kappa shape index (κ2) is 7.43. The fourth-order valence-electron chi connectivity index (χ4n) is 2.56. The molecular formula is C20H15N5OS. The molecule has 2 aromatic carbocycles. The van der Waals surface area contributed by atoms with Gasteiger partial charge in [-0.2, -0.15) is 9.36 Å². The topological polar surface area (TPSA) is 80.7 Å². The van der Waals surface area contributed by atoms with Gasteiger partial charge in [-0.15, -0.1) is 0 Å². The maximum atomic E-state index is 12.6. The zero-order valence-corrected chi connectivity index (χ0v) is 15.3. The Kier molecular flexibility index (Phi) is 4.67. The molecule has 0 unspecified atom stereocenters. The van der Waals surface area contributed by atoms with Gasteiger partial charge in [-0.05, 0) is 6.92 Å². The van der Waals surface area contributed by atoms with Gasteiger partial charge in [0.05, 0.1) is 11.3 Å². The van der Waals surface area contributed by atoms with Gasteiger partial charge in [0.15, 0.2) is 11.6 Å². The SMILES string of the molecule is Cc1nc(-c2ccccc2)ncc1C(=O)Nc1nc(-c2ccccc2)ns1. The van der Waals surface area contributed by atoms with Crippen molar-refractivity contribution in [3.8, 4) is 22.8 Å². The van der Waals surface area contributed by atoms with Crippen molar-refractivity contribution in [3.05, 3.63) is 78.1 Å². The van der Waals surface area contributed by atoms with Crippen molar-refractivity contribution in [2.45, 2.75) is 6.92 Å². The van der Waals surface area contributed by atoms with Crippen LogP contribution in [0.5, 0.6) is 0 Å². The largest absolute Gasteiger partial charge is 0.296 e. The Morgan fingerprint density at radius 1 is 0.889 bits per heavy atom. The molecule has 7 heteroatoms. The second-order valence-electron chi connectivity index (χ2n) is 5.80. The number of amides is 1. The normalized spacial score (nSPS) is 10.6. The lowest BCUT2D eigenvalue weighted by Crippen LogP contribution is -2.15. The molecule has 27 heavy (non-hydrogen) atoms. The molecule has 1 N–H and O–H groups in total. The Hall–Kier alpha value is -3.45. The van der Waals surface area contributed by atoms with E-state index in [1.54, 1.807) is 13.1 Å². The molecular weight excluding hydrogens is 358 g/mol. The van der Waals surface area contributed by atoms with Crippen molar-refractivity contribution < 1.29 is 4.79 Å². The number of aromatic nitrogens is 4. The van der Waals surface area contributed by atoms with Crippen LogP contribution in [-0.4, -0.2) is 25.2 Å². The van der Waals surface area contributed by atoms with E-state index in [1.807, 2.05) is 60.7 Å². The summed E-state index contributed by atoms with van der Waals surface area (Å²) in [7, 11) is 0. The highest BCUT2D eigenvalue weighted by Gasteiger charge is 2.15. The maximum Gasteiger partial charge on any atom is 0.260 e. The van der Waals surface area contributed by atoms with Crippen LogP contribution in [0, 0.1) is 6.92 Å². The first-order valence-corrected chi connectivity index (χ1v) is 9.07. The molecule has 0 spiro atoms. The molecule has 1 amide bonds. The van der Waals surface area contributed by atoms with Crippen LogP contribution in [0.3, 0.4) is 0 Å². The van der Waals surface area contributed by atoms with E-state index in [2.05, 4.69) is 24.6 Å². The number of anilines is 1. The van der Waals surface area contributed by atoms with E-state index >= 15 is 0 Å². The number of hydrogen-bond acceptors (Lipinski definition) is 6. The van der Waals surface area contributed by atoms with E-state index < -0.39 is 0 Å². The summed E-state index contributed by atoms with van der Waals surface area (Å²) in [6.45, 7) is 1.79. The van der Waals surface area contributed by atoms with Crippen molar-refractivity contribution in [1.29, 1.82) is 0 Å². The highest BCUT2D eigenvalue weighted by molar-refractivity contribution is 7.10. The number of hydrogen-bond donors (Lipinski definition) is 1. The lowest BCUT2D eigenvalue weighted by molar-refractivity contribution is 0.102. The molecule has 2 heterocycles. The Bertz CT molecular complexity index is 1080. The van der Waals surface area contributed by atoms with Crippen LogP contribution in [0.25, 0.3) is 22.8 Å². The number of nitrogens with one attached hydrogen (secondary N) is 1. The molecule has 0 aliphatic carbocycles. The zero-order valence-electron chi connectivity index (χ0n) is 14.5. The molecule has 2 aromatic heterocycles. The maximum absolute atomic E-state index is 12.6. The van der Waals surface area contributed by atoms with E-state index in [-0.39, 0.29) is 5.91 Å². The Morgan fingerprint density at radius 3 is 2.15 bits per heavy atom. The number of carbonyl (C=O) groups is 1. The second-order valence-corrected chi connectivity index (χ2v) is 6.55. The minimum atomic E-state index is -0.303. The smallest absolute Gasteiger partial charge is 0.260 e. The van der Waals surface area contributed by atoms with Gasteiger partial charge < -0.3 is 0 Å². The predicted octanol–water partition coefficient (Wildman–Crippen LogP) is 4.22. The summed E-state index contributed by atoms with van der Waals surface area (Å²) in [5.74, 6) is 0.873. The Morgan fingerprint density at radius 2 is 1.52 bits per heavy atom. The van der Waals surface area contributed by atoms with Gasteiger partial charge in [-0.3, -0.25) is 10.1 Å². The molecule has 0 aliphatic rings. The first-order valence-electron chi connectivity index (χ1n) is 8.30. The minimum Gasteiger partial charge on any atom is -0.296 e. The first kappa shape index (κ1) is 17.0. The summed E-state index contributed by atoms with van der Waals surface area (Å²) in [4.78, 5) is 25.7. The minimum absolute atomic E-state index is 0.303. The number of benzene rings is 2. The van der Waals surface area contributed by atoms with Crippen LogP contribution in [0.1, 0.15) is 16.1 Å². The Labute approximate surface area is 160 Å². The van der Waals surface area contributed by atoms with Crippen molar-refractivity contribution >= 4 is 22.6 Å². The molecule has 4 rings (SSSR count). The van der Waals surface area contributed by atoms with Gasteiger partial charge in [0.1, 0.15) is 0 Å². The van der Waals surface area contributed by atoms with Crippen molar-refractivity contribution in [3.63, 3.8) is 0 Å².